The molecule has 2 amide bonds. The molecule has 3 aliphatic heterocycles. The number of anilines is 5. The first-order valence-electron chi connectivity index (χ1n) is 22.4. The number of aromatic nitrogens is 3. The Bertz CT molecular complexity index is 2730. The van der Waals surface area contributed by atoms with E-state index in [1.165, 1.54) is 27.9 Å². The Hall–Kier alpha value is -5.17. The first-order chi connectivity index (χ1) is 31.3. The molecule has 3 aromatic carbocycles. The molecule has 1 aliphatic carbocycles. The maximum atomic E-state index is 15.1. The van der Waals surface area contributed by atoms with Crippen LogP contribution < -0.4 is 25.6 Å². The summed E-state index contributed by atoms with van der Waals surface area (Å²) in [5.74, 6) is -1.62. The van der Waals surface area contributed by atoms with Crippen LogP contribution in [0, 0.1) is 11.6 Å². The number of hydrogen-bond donors (Lipinski definition) is 3. The SMILES string of the molecule is CCc1cc(Nc2ncc(Br)c(Nc3ccc(C4CC4)c4ccn(S(C)(=O)=O)c34)n2)c(OC)cc1N1CCC(N2CCN(CCc3cc(F)c(C4CCC(=O)NC4=O)c(F)c3)CC2)CC1. The van der Waals surface area contributed by atoms with Crippen molar-refractivity contribution in [2.75, 3.05) is 74.7 Å². The number of methoxy groups -OCH3 is 1. The van der Waals surface area contributed by atoms with E-state index in [0.29, 0.717) is 63.7 Å². The molecule has 1 saturated carbocycles. The summed E-state index contributed by atoms with van der Waals surface area (Å²) < 4.78 is 63.7. The Kier molecular flexibility index (Phi) is 12.9. The standard InChI is InChI=1S/C47H54BrF2N9O5S/c1-4-29-25-39(53-47-51-27-35(48)45(55-47)52-38-9-7-32(30-5-6-30)33-14-18-59(44(33)38)65(3,62)63)41(64-2)26-40(29)58-16-12-31(13-17-58)57-21-19-56(20-22-57)15-11-28-23-36(49)43(37(50)24-28)34-8-10-42(60)54-46(34)61/h7,9,14,18,23-27,30-31,34H,4-6,8,10-13,15-17,19-22H2,1-3H3,(H,54,60,61)(H2,51,52,53,55). The average molecular weight is 975 g/mol. The number of piperidine rings is 2. The molecule has 4 fully saturated rings. The molecule has 5 aromatic rings. The van der Waals surface area contributed by atoms with Gasteiger partial charge in [-0.05, 0) is 114 Å². The van der Waals surface area contributed by atoms with Gasteiger partial charge in [0.25, 0.3) is 0 Å². The topological polar surface area (TPSA) is 154 Å². The second kappa shape index (κ2) is 18.6. The zero-order valence-corrected chi connectivity index (χ0v) is 39.2. The second-order valence-electron chi connectivity index (χ2n) is 17.6. The van der Waals surface area contributed by atoms with Gasteiger partial charge in [-0.1, -0.05) is 13.0 Å². The van der Waals surface area contributed by atoms with Gasteiger partial charge in [0.15, 0.2) is 0 Å². The molecule has 5 heterocycles. The van der Waals surface area contributed by atoms with Crippen LogP contribution in [0.25, 0.3) is 10.9 Å². The quantitative estimate of drug-likeness (QED) is 0.0942. The van der Waals surface area contributed by atoms with Crippen LogP contribution in [-0.2, 0) is 32.5 Å². The summed E-state index contributed by atoms with van der Waals surface area (Å²) in [5.41, 5.74) is 5.70. The molecule has 4 aliphatic rings. The predicted octanol–water partition coefficient (Wildman–Crippen LogP) is 7.56. The Morgan fingerprint density at radius 2 is 1.66 bits per heavy atom. The number of hydrogen-bond acceptors (Lipinski definition) is 12. The number of rotatable bonds is 14. The Labute approximate surface area is 386 Å². The van der Waals surface area contributed by atoms with E-state index in [2.05, 4.69) is 76.7 Å². The van der Waals surface area contributed by atoms with Crippen LogP contribution >= 0.6 is 15.9 Å². The fraction of sp³-hybridized carbons (Fsp3) is 0.447. The van der Waals surface area contributed by atoms with E-state index in [0.717, 1.165) is 93.7 Å². The highest BCUT2D eigenvalue weighted by Gasteiger charge is 2.34. The minimum Gasteiger partial charge on any atom is -0.494 e. The second-order valence-corrected chi connectivity index (χ2v) is 20.3. The summed E-state index contributed by atoms with van der Waals surface area (Å²) in [6, 6.07) is 13.2. The van der Waals surface area contributed by atoms with Crippen LogP contribution in [0.3, 0.4) is 0 Å². The Balaban J connectivity index is 0.810. The molecular weight excluding hydrogens is 921 g/mol. The molecule has 344 valence electrons. The highest BCUT2D eigenvalue weighted by Crippen LogP contribution is 2.45. The zero-order chi connectivity index (χ0) is 45.6. The fourth-order valence-electron chi connectivity index (χ4n) is 9.80. The monoisotopic (exact) mass is 973 g/mol. The fourth-order valence-corrected chi connectivity index (χ4v) is 10.9. The summed E-state index contributed by atoms with van der Waals surface area (Å²) in [7, 11) is -1.91. The van der Waals surface area contributed by atoms with Crippen LogP contribution in [0.15, 0.2) is 59.3 Å². The minimum absolute atomic E-state index is 0.0612. The van der Waals surface area contributed by atoms with Crippen molar-refractivity contribution in [2.45, 2.75) is 76.2 Å². The molecule has 2 aromatic heterocycles. The van der Waals surface area contributed by atoms with Crippen molar-refractivity contribution in [2.24, 2.45) is 0 Å². The Morgan fingerprint density at radius 1 is 0.923 bits per heavy atom. The van der Waals surface area contributed by atoms with Crippen molar-refractivity contribution in [1.29, 1.82) is 0 Å². The van der Waals surface area contributed by atoms with Crippen LogP contribution in [0.1, 0.15) is 79.5 Å². The predicted molar refractivity (Wildman–Crippen MR) is 251 cm³/mol. The molecule has 1 atom stereocenters. The molecule has 9 rings (SSSR count). The largest absolute Gasteiger partial charge is 0.494 e. The van der Waals surface area contributed by atoms with E-state index < -0.39 is 39.4 Å². The van der Waals surface area contributed by atoms with E-state index in [1.807, 2.05) is 12.1 Å². The number of benzene rings is 3. The van der Waals surface area contributed by atoms with Crippen molar-refractivity contribution in [3.05, 3.63) is 93.2 Å². The highest BCUT2D eigenvalue weighted by molar-refractivity contribution is 9.10. The minimum atomic E-state index is -3.56. The number of fused-ring (bicyclic) bond motifs is 1. The summed E-state index contributed by atoms with van der Waals surface area (Å²) in [6.07, 6.45) is 10.2. The van der Waals surface area contributed by atoms with Gasteiger partial charge in [0, 0.05) is 93.4 Å². The average Bonchev–Trinajstić information content (AvgIpc) is 4.03. The maximum absolute atomic E-state index is 15.1. The van der Waals surface area contributed by atoms with Gasteiger partial charge in [-0.25, -0.2) is 26.2 Å². The number of imide groups is 1. The van der Waals surface area contributed by atoms with Gasteiger partial charge >= 0.3 is 0 Å². The number of aryl methyl sites for hydroxylation is 1. The summed E-state index contributed by atoms with van der Waals surface area (Å²) in [5, 5.41) is 9.86. The van der Waals surface area contributed by atoms with Gasteiger partial charge in [0.05, 0.1) is 40.6 Å². The van der Waals surface area contributed by atoms with Crippen molar-refractivity contribution in [1.82, 2.24) is 29.1 Å². The van der Waals surface area contributed by atoms with Crippen LogP contribution in [-0.4, -0.2) is 109 Å². The summed E-state index contributed by atoms with van der Waals surface area (Å²) >= 11 is 3.59. The summed E-state index contributed by atoms with van der Waals surface area (Å²) in [4.78, 5) is 40.5. The molecule has 14 nitrogen and oxygen atoms in total. The van der Waals surface area contributed by atoms with Gasteiger partial charge in [-0.15, -0.1) is 0 Å². The van der Waals surface area contributed by atoms with Crippen molar-refractivity contribution in [3.8, 4) is 5.75 Å². The lowest BCUT2D eigenvalue weighted by molar-refractivity contribution is -0.134. The van der Waals surface area contributed by atoms with Crippen LogP contribution in [0.2, 0.25) is 0 Å². The molecule has 3 N–H and O–H groups in total. The Morgan fingerprint density at radius 3 is 2.32 bits per heavy atom. The number of ether oxygens (including phenoxy) is 1. The lowest BCUT2D eigenvalue weighted by Gasteiger charge is -2.43. The number of nitrogens with one attached hydrogen (secondary N) is 3. The molecule has 1 unspecified atom stereocenters. The van der Waals surface area contributed by atoms with Gasteiger partial charge in [0.1, 0.15) is 23.2 Å². The maximum Gasteiger partial charge on any atom is 0.236 e. The number of piperazine rings is 1. The molecule has 0 radical (unpaired) electrons. The number of amides is 2. The van der Waals surface area contributed by atoms with Crippen molar-refractivity contribution < 1.29 is 31.5 Å². The van der Waals surface area contributed by atoms with E-state index in [1.54, 1.807) is 19.5 Å². The molecule has 0 bridgehead atoms. The zero-order valence-electron chi connectivity index (χ0n) is 36.8. The van der Waals surface area contributed by atoms with E-state index in [9.17, 15) is 18.0 Å². The highest BCUT2D eigenvalue weighted by atomic mass is 79.9. The lowest BCUT2D eigenvalue weighted by atomic mass is 9.89. The van der Waals surface area contributed by atoms with E-state index in [4.69, 9.17) is 9.72 Å². The summed E-state index contributed by atoms with van der Waals surface area (Å²) in [6.45, 7) is 8.24. The molecule has 3 saturated heterocycles. The van der Waals surface area contributed by atoms with E-state index >= 15 is 8.78 Å². The smallest absolute Gasteiger partial charge is 0.236 e. The number of halogens is 3. The number of carbonyl (C=O) groups excluding carboxylic acids is 2. The third kappa shape index (κ3) is 9.58. The third-order valence-corrected chi connectivity index (χ3v) is 15.0. The van der Waals surface area contributed by atoms with Gasteiger partial charge in [-0.2, -0.15) is 4.98 Å². The first kappa shape index (κ1) is 45.0. The van der Waals surface area contributed by atoms with Crippen molar-refractivity contribution in [3.63, 3.8) is 0 Å². The molecule has 65 heavy (non-hydrogen) atoms. The van der Waals surface area contributed by atoms with Crippen LogP contribution in [0.4, 0.5) is 37.6 Å². The van der Waals surface area contributed by atoms with Gasteiger partial charge in [-0.3, -0.25) is 19.8 Å². The molecule has 0 spiro atoms. The molecular formula is C47H54BrF2N9O5S. The molecule has 18 heteroatoms. The number of nitrogens with zero attached hydrogens (tertiary/aromatic N) is 6. The normalized spacial score (nSPS) is 19.2. The number of carbonyl (C=O) groups is 2. The van der Waals surface area contributed by atoms with Gasteiger partial charge in [0.2, 0.25) is 27.8 Å². The van der Waals surface area contributed by atoms with Gasteiger partial charge < -0.3 is 25.2 Å². The van der Waals surface area contributed by atoms with E-state index in [-0.39, 0.29) is 18.4 Å². The third-order valence-electron chi connectivity index (χ3n) is 13.4. The first-order valence-corrected chi connectivity index (χ1v) is 25.1. The lowest BCUT2D eigenvalue weighted by Crippen LogP contribution is -2.53. The van der Waals surface area contributed by atoms with Crippen LogP contribution in [0.5, 0.6) is 5.75 Å². The van der Waals surface area contributed by atoms with Crippen molar-refractivity contribution >= 4 is 77.5 Å².